The van der Waals surface area contributed by atoms with E-state index in [1.807, 2.05) is 24.5 Å². The van der Waals surface area contributed by atoms with Crippen LogP contribution in [0.25, 0.3) is 0 Å². The zero-order chi connectivity index (χ0) is 9.97. The topological polar surface area (TPSA) is 45.5 Å². The van der Waals surface area contributed by atoms with E-state index in [2.05, 4.69) is 4.57 Å². The Balaban J connectivity index is 1.93. The summed E-state index contributed by atoms with van der Waals surface area (Å²) in [5.74, 6) is 0. The highest BCUT2D eigenvalue weighted by molar-refractivity contribution is 5.64. The van der Waals surface area contributed by atoms with Crippen LogP contribution in [0.1, 0.15) is 18.9 Å². The number of piperidine rings is 1. The molecule has 2 rings (SSSR count). The number of nitrogens with zero attached hydrogens (tertiary/aromatic N) is 2. The first-order chi connectivity index (χ1) is 6.77. The Morgan fingerprint density at radius 1 is 1.21 bits per heavy atom. The molecule has 0 aliphatic carbocycles. The molecular weight excluding hydrogens is 180 g/mol. The van der Waals surface area contributed by atoms with Crippen LogP contribution in [0.15, 0.2) is 24.5 Å². The van der Waals surface area contributed by atoms with Crippen molar-refractivity contribution in [3.05, 3.63) is 24.5 Å². The lowest BCUT2D eigenvalue weighted by Gasteiger charge is -2.30. The number of hydrogen-bond acceptors (Lipinski definition) is 1. The molecule has 4 nitrogen and oxygen atoms in total. The van der Waals surface area contributed by atoms with Gasteiger partial charge in [-0.2, -0.15) is 0 Å². The number of amides is 1. The van der Waals surface area contributed by atoms with Crippen molar-refractivity contribution < 1.29 is 9.90 Å². The van der Waals surface area contributed by atoms with Crippen molar-refractivity contribution in [2.24, 2.45) is 0 Å². The van der Waals surface area contributed by atoms with Gasteiger partial charge in [-0.1, -0.05) is 0 Å². The number of aromatic nitrogens is 1. The molecule has 0 bridgehead atoms. The van der Waals surface area contributed by atoms with Gasteiger partial charge in [0.1, 0.15) is 0 Å². The van der Waals surface area contributed by atoms with Gasteiger partial charge >= 0.3 is 6.09 Å². The van der Waals surface area contributed by atoms with Gasteiger partial charge in [-0.05, 0) is 25.0 Å². The molecule has 1 amide bonds. The van der Waals surface area contributed by atoms with E-state index in [-0.39, 0.29) is 0 Å². The van der Waals surface area contributed by atoms with Crippen LogP contribution in [0.5, 0.6) is 0 Å². The predicted molar refractivity (Wildman–Crippen MR) is 52.3 cm³/mol. The fourth-order valence-corrected chi connectivity index (χ4v) is 1.95. The van der Waals surface area contributed by atoms with Crippen molar-refractivity contribution in [1.29, 1.82) is 0 Å². The average molecular weight is 194 g/mol. The van der Waals surface area contributed by atoms with Crippen LogP contribution in [-0.2, 0) is 0 Å². The lowest BCUT2D eigenvalue weighted by Crippen LogP contribution is -2.37. The molecule has 76 valence electrons. The Bertz CT molecular complexity index is 300. The summed E-state index contributed by atoms with van der Waals surface area (Å²) in [4.78, 5) is 12.2. The second-order valence-electron chi connectivity index (χ2n) is 3.63. The molecule has 0 aromatic carbocycles. The Labute approximate surface area is 82.7 Å². The fraction of sp³-hybridized carbons (Fsp3) is 0.500. The Morgan fingerprint density at radius 2 is 1.79 bits per heavy atom. The molecule has 1 aromatic rings. The lowest BCUT2D eigenvalue weighted by molar-refractivity contribution is 0.125. The molecule has 1 aliphatic heterocycles. The number of carbonyl (C=O) groups is 1. The van der Waals surface area contributed by atoms with E-state index in [0.29, 0.717) is 19.1 Å². The highest BCUT2D eigenvalue weighted by Gasteiger charge is 2.22. The largest absolute Gasteiger partial charge is 0.465 e. The molecular formula is C10H14N2O2. The molecule has 14 heavy (non-hydrogen) atoms. The maximum Gasteiger partial charge on any atom is 0.407 e. The third kappa shape index (κ3) is 1.73. The van der Waals surface area contributed by atoms with Gasteiger partial charge < -0.3 is 14.6 Å². The van der Waals surface area contributed by atoms with E-state index < -0.39 is 6.09 Å². The third-order valence-corrected chi connectivity index (χ3v) is 2.78. The molecule has 1 aromatic heterocycles. The van der Waals surface area contributed by atoms with Crippen molar-refractivity contribution in [1.82, 2.24) is 9.47 Å². The van der Waals surface area contributed by atoms with Crippen molar-refractivity contribution >= 4 is 6.09 Å². The summed E-state index contributed by atoms with van der Waals surface area (Å²) in [5.41, 5.74) is 0. The molecule has 0 spiro atoms. The fourth-order valence-electron chi connectivity index (χ4n) is 1.95. The van der Waals surface area contributed by atoms with Crippen molar-refractivity contribution in [2.75, 3.05) is 13.1 Å². The molecule has 1 saturated heterocycles. The standard InChI is InChI=1S/C10H14N2O2/c13-10(14)12-7-3-9(4-8-12)11-5-1-2-6-11/h1-2,5-6,9H,3-4,7-8H2,(H,13,14). The van der Waals surface area contributed by atoms with E-state index >= 15 is 0 Å². The first-order valence-corrected chi connectivity index (χ1v) is 4.87. The predicted octanol–water partition coefficient (Wildman–Crippen LogP) is 1.80. The molecule has 0 atom stereocenters. The Morgan fingerprint density at radius 3 is 2.29 bits per heavy atom. The van der Waals surface area contributed by atoms with Gasteiger partial charge in [0, 0.05) is 31.5 Å². The molecule has 0 saturated carbocycles. The number of hydrogen-bond donors (Lipinski definition) is 1. The zero-order valence-corrected chi connectivity index (χ0v) is 7.97. The summed E-state index contributed by atoms with van der Waals surface area (Å²) in [7, 11) is 0. The van der Waals surface area contributed by atoms with E-state index in [9.17, 15) is 4.79 Å². The van der Waals surface area contributed by atoms with E-state index in [1.54, 1.807) is 0 Å². The van der Waals surface area contributed by atoms with Gasteiger partial charge in [-0.25, -0.2) is 4.79 Å². The average Bonchev–Trinajstić information content (AvgIpc) is 2.71. The summed E-state index contributed by atoms with van der Waals surface area (Å²) in [6, 6.07) is 4.48. The van der Waals surface area contributed by atoms with Crippen LogP contribution in [-0.4, -0.2) is 33.8 Å². The maximum atomic E-state index is 10.7. The van der Waals surface area contributed by atoms with E-state index in [1.165, 1.54) is 4.90 Å². The number of carboxylic acid groups (broad SMARTS) is 1. The molecule has 2 heterocycles. The van der Waals surface area contributed by atoms with E-state index in [4.69, 9.17) is 5.11 Å². The summed E-state index contributed by atoms with van der Waals surface area (Å²) in [6.45, 7) is 1.30. The third-order valence-electron chi connectivity index (χ3n) is 2.78. The molecule has 1 fully saturated rings. The minimum Gasteiger partial charge on any atom is -0.465 e. The minimum atomic E-state index is -0.795. The van der Waals surface area contributed by atoms with Gasteiger partial charge in [0.2, 0.25) is 0 Å². The van der Waals surface area contributed by atoms with E-state index in [0.717, 1.165) is 12.8 Å². The SMILES string of the molecule is O=C(O)N1CCC(n2cccc2)CC1. The van der Waals surface area contributed by atoms with Crippen LogP contribution < -0.4 is 0 Å². The Hall–Kier alpha value is -1.45. The highest BCUT2D eigenvalue weighted by Crippen LogP contribution is 2.22. The van der Waals surface area contributed by atoms with Crippen molar-refractivity contribution in [2.45, 2.75) is 18.9 Å². The van der Waals surface area contributed by atoms with Gasteiger partial charge in [0.25, 0.3) is 0 Å². The normalized spacial score (nSPS) is 18.4. The second kappa shape index (κ2) is 3.74. The van der Waals surface area contributed by atoms with Crippen LogP contribution in [0.4, 0.5) is 4.79 Å². The number of rotatable bonds is 1. The summed E-state index contributed by atoms with van der Waals surface area (Å²) < 4.78 is 2.17. The van der Waals surface area contributed by atoms with Crippen molar-refractivity contribution in [3.63, 3.8) is 0 Å². The molecule has 0 unspecified atom stereocenters. The minimum absolute atomic E-state index is 0.473. The van der Waals surface area contributed by atoms with Crippen LogP contribution >= 0.6 is 0 Å². The highest BCUT2D eigenvalue weighted by atomic mass is 16.4. The maximum absolute atomic E-state index is 10.7. The first kappa shape index (κ1) is 9.12. The van der Waals surface area contributed by atoms with Gasteiger partial charge in [-0.15, -0.1) is 0 Å². The monoisotopic (exact) mass is 194 g/mol. The van der Waals surface area contributed by atoms with Gasteiger partial charge in [0.05, 0.1) is 0 Å². The van der Waals surface area contributed by atoms with Crippen LogP contribution in [0, 0.1) is 0 Å². The summed E-state index contributed by atoms with van der Waals surface area (Å²) >= 11 is 0. The summed E-state index contributed by atoms with van der Waals surface area (Å²) in [6.07, 6.45) is 5.13. The van der Waals surface area contributed by atoms with Crippen molar-refractivity contribution in [3.8, 4) is 0 Å². The zero-order valence-electron chi connectivity index (χ0n) is 7.97. The van der Waals surface area contributed by atoms with Gasteiger partial charge in [0.15, 0.2) is 0 Å². The molecule has 1 N–H and O–H groups in total. The Kier molecular flexibility index (Phi) is 2.43. The van der Waals surface area contributed by atoms with Crippen LogP contribution in [0.2, 0.25) is 0 Å². The summed E-state index contributed by atoms with van der Waals surface area (Å²) in [5, 5.41) is 8.77. The molecule has 0 radical (unpaired) electrons. The van der Waals surface area contributed by atoms with Gasteiger partial charge in [-0.3, -0.25) is 0 Å². The quantitative estimate of drug-likeness (QED) is 0.741. The number of likely N-dealkylation sites (tertiary alicyclic amines) is 1. The molecule has 4 heteroatoms. The lowest BCUT2D eigenvalue weighted by atomic mass is 10.1. The van der Waals surface area contributed by atoms with Crippen LogP contribution in [0.3, 0.4) is 0 Å². The molecule has 1 aliphatic rings. The second-order valence-corrected chi connectivity index (χ2v) is 3.63. The first-order valence-electron chi connectivity index (χ1n) is 4.87. The smallest absolute Gasteiger partial charge is 0.407 e.